The van der Waals surface area contributed by atoms with Gasteiger partial charge in [-0.15, -0.1) is 0 Å². The normalized spacial score (nSPS) is 10.6. The molecule has 3 aromatic rings. The van der Waals surface area contributed by atoms with E-state index in [2.05, 4.69) is 5.10 Å². The third-order valence-corrected chi connectivity index (χ3v) is 3.44. The molecule has 2 nitrogen and oxygen atoms in total. The lowest BCUT2D eigenvalue weighted by Gasteiger charge is -2.03. The summed E-state index contributed by atoms with van der Waals surface area (Å²) in [6.07, 6.45) is 0. The highest BCUT2D eigenvalue weighted by Crippen LogP contribution is 2.20. The Balaban J connectivity index is 2.08. The zero-order chi connectivity index (χ0) is 13.2. The first-order chi connectivity index (χ1) is 9.24. The fourth-order valence-electron chi connectivity index (χ4n) is 1.94. The van der Waals surface area contributed by atoms with Crippen molar-refractivity contribution in [2.24, 2.45) is 0 Å². The number of hydrogen-bond acceptors (Lipinski definition) is 1. The van der Waals surface area contributed by atoms with Gasteiger partial charge in [0.15, 0.2) is 0 Å². The van der Waals surface area contributed by atoms with Gasteiger partial charge < -0.3 is 0 Å². The molecule has 1 N–H and O–H groups in total. The van der Waals surface area contributed by atoms with E-state index in [-0.39, 0.29) is 0 Å². The maximum Gasteiger partial charge on any atom is 0.128 e. The molecule has 1 heterocycles. The summed E-state index contributed by atoms with van der Waals surface area (Å²) in [7, 11) is 0. The number of nitrogens with zero attached hydrogens (tertiary/aromatic N) is 1. The highest BCUT2D eigenvalue weighted by atomic mass is 35.5. The Kier molecular flexibility index (Phi) is 3.23. The lowest BCUT2D eigenvalue weighted by atomic mass is 10.2. The number of benzene rings is 2. The molecule has 19 heavy (non-hydrogen) atoms. The van der Waals surface area contributed by atoms with Crippen molar-refractivity contribution in [2.45, 2.75) is 0 Å². The second-order valence-corrected chi connectivity index (χ2v) is 5.04. The summed E-state index contributed by atoms with van der Waals surface area (Å²) < 4.78 is 2.61. The Morgan fingerprint density at radius 3 is 2.32 bits per heavy atom. The van der Waals surface area contributed by atoms with Crippen molar-refractivity contribution in [1.82, 2.24) is 9.78 Å². The van der Waals surface area contributed by atoms with E-state index < -0.39 is 0 Å². The molecule has 1 aromatic heterocycles. The van der Waals surface area contributed by atoms with Crippen molar-refractivity contribution >= 4 is 23.8 Å². The number of halogens is 1. The molecule has 0 radical (unpaired) electrons. The van der Waals surface area contributed by atoms with Crippen molar-refractivity contribution in [2.75, 3.05) is 0 Å². The van der Waals surface area contributed by atoms with Gasteiger partial charge in [-0.25, -0.2) is 4.68 Å². The van der Waals surface area contributed by atoms with Gasteiger partial charge in [-0.1, -0.05) is 54.2 Å². The molecule has 0 unspecified atom stereocenters. The van der Waals surface area contributed by atoms with Gasteiger partial charge in [0, 0.05) is 11.1 Å². The lowest BCUT2D eigenvalue weighted by Crippen LogP contribution is -1.95. The van der Waals surface area contributed by atoms with Crippen LogP contribution in [0.2, 0.25) is 5.02 Å². The summed E-state index contributed by atoms with van der Waals surface area (Å²) in [5.74, 6) is 0. The minimum atomic E-state index is 0.713. The van der Waals surface area contributed by atoms with Gasteiger partial charge in [0.05, 0.1) is 11.4 Å². The van der Waals surface area contributed by atoms with Crippen LogP contribution in [0.15, 0.2) is 60.7 Å². The molecule has 0 amide bonds. The third kappa shape index (κ3) is 2.48. The van der Waals surface area contributed by atoms with Crippen molar-refractivity contribution in [1.29, 1.82) is 0 Å². The number of rotatable bonds is 2. The van der Waals surface area contributed by atoms with Gasteiger partial charge in [-0.2, -0.15) is 0 Å². The number of nitrogens with one attached hydrogen (secondary N) is 1. The van der Waals surface area contributed by atoms with Gasteiger partial charge in [0.1, 0.15) is 4.64 Å². The zero-order valence-electron chi connectivity index (χ0n) is 10.0. The maximum atomic E-state index is 5.89. The van der Waals surface area contributed by atoms with Crippen molar-refractivity contribution in [3.8, 4) is 16.9 Å². The number of aromatic amines is 1. The van der Waals surface area contributed by atoms with E-state index in [1.54, 1.807) is 0 Å². The first-order valence-electron chi connectivity index (χ1n) is 5.87. The molecule has 0 aliphatic carbocycles. The fourth-order valence-corrected chi connectivity index (χ4v) is 2.34. The molecule has 3 rings (SSSR count). The maximum absolute atomic E-state index is 5.89. The topological polar surface area (TPSA) is 20.7 Å². The zero-order valence-corrected chi connectivity index (χ0v) is 11.6. The minimum absolute atomic E-state index is 0.713. The van der Waals surface area contributed by atoms with Crippen LogP contribution in [0.1, 0.15) is 0 Å². The van der Waals surface area contributed by atoms with Crippen LogP contribution < -0.4 is 0 Å². The molecule has 0 saturated heterocycles. The molecule has 0 atom stereocenters. The van der Waals surface area contributed by atoms with E-state index in [0.717, 1.165) is 21.6 Å². The van der Waals surface area contributed by atoms with E-state index in [0.29, 0.717) is 5.02 Å². The Labute approximate surface area is 121 Å². The van der Waals surface area contributed by atoms with Crippen LogP contribution in [0.5, 0.6) is 0 Å². The quantitative estimate of drug-likeness (QED) is 0.668. The van der Waals surface area contributed by atoms with Crippen LogP contribution in [0.4, 0.5) is 0 Å². The number of H-pyrrole nitrogens is 1. The standard InChI is InChI=1S/C15H11ClN2S/c16-12-6-8-13(9-7-12)18-15(19)10-14(17-18)11-4-2-1-3-5-11/h1-10,17H. The van der Waals surface area contributed by atoms with Gasteiger partial charge in [-0.3, -0.25) is 5.10 Å². The van der Waals surface area contributed by atoms with Gasteiger partial charge in [0.25, 0.3) is 0 Å². The van der Waals surface area contributed by atoms with Gasteiger partial charge in [0.2, 0.25) is 0 Å². The molecule has 4 heteroatoms. The Hall–Kier alpha value is -1.84. The van der Waals surface area contributed by atoms with Gasteiger partial charge >= 0.3 is 0 Å². The minimum Gasteiger partial charge on any atom is -0.292 e. The predicted molar refractivity (Wildman–Crippen MR) is 81.4 cm³/mol. The largest absolute Gasteiger partial charge is 0.292 e. The highest BCUT2D eigenvalue weighted by molar-refractivity contribution is 7.71. The summed E-state index contributed by atoms with van der Waals surface area (Å²) >= 11 is 11.3. The average molecular weight is 287 g/mol. The van der Waals surface area contributed by atoms with Crippen molar-refractivity contribution in [3.63, 3.8) is 0 Å². The summed E-state index contributed by atoms with van der Waals surface area (Å²) in [5, 5.41) is 4.02. The lowest BCUT2D eigenvalue weighted by molar-refractivity contribution is 0.873. The van der Waals surface area contributed by atoms with Crippen LogP contribution in [-0.2, 0) is 0 Å². The molecule has 0 aliphatic heterocycles. The van der Waals surface area contributed by atoms with Crippen molar-refractivity contribution < 1.29 is 0 Å². The molecule has 2 aromatic carbocycles. The van der Waals surface area contributed by atoms with Crippen LogP contribution >= 0.6 is 23.8 Å². The first-order valence-corrected chi connectivity index (χ1v) is 6.66. The first kappa shape index (κ1) is 12.2. The summed E-state index contributed by atoms with van der Waals surface area (Å²) in [6, 6.07) is 19.6. The Morgan fingerprint density at radius 2 is 1.63 bits per heavy atom. The summed E-state index contributed by atoms with van der Waals surface area (Å²) in [6.45, 7) is 0. The Bertz CT molecular complexity index is 742. The van der Waals surface area contributed by atoms with E-state index in [1.807, 2.05) is 65.3 Å². The molecule has 0 fully saturated rings. The average Bonchev–Trinajstić information content (AvgIpc) is 2.83. The molecular weight excluding hydrogens is 276 g/mol. The van der Waals surface area contributed by atoms with E-state index in [1.165, 1.54) is 0 Å². The smallest absolute Gasteiger partial charge is 0.128 e. The second-order valence-electron chi connectivity index (χ2n) is 4.19. The monoisotopic (exact) mass is 286 g/mol. The molecule has 94 valence electrons. The van der Waals surface area contributed by atoms with Gasteiger partial charge in [-0.05, 0) is 29.8 Å². The predicted octanol–water partition coefficient (Wildman–Crippen LogP) is 4.86. The van der Waals surface area contributed by atoms with Crippen LogP contribution in [0.25, 0.3) is 16.9 Å². The number of hydrogen-bond donors (Lipinski definition) is 1. The highest BCUT2D eigenvalue weighted by Gasteiger charge is 2.04. The molecular formula is C15H11ClN2S. The fraction of sp³-hybridized carbons (Fsp3) is 0. The number of aromatic nitrogens is 2. The summed E-state index contributed by atoms with van der Waals surface area (Å²) in [4.78, 5) is 0. The van der Waals surface area contributed by atoms with E-state index >= 15 is 0 Å². The third-order valence-electron chi connectivity index (χ3n) is 2.89. The van der Waals surface area contributed by atoms with Crippen molar-refractivity contribution in [3.05, 3.63) is 70.3 Å². The molecule has 0 saturated carbocycles. The second kappa shape index (κ2) is 5.03. The summed E-state index contributed by atoms with van der Waals surface area (Å²) in [5.41, 5.74) is 3.08. The van der Waals surface area contributed by atoms with Crippen LogP contribution in [-0.4, -0.2) is 9.78 Å². The van der Waals surface area contributed by atoms with E-state index in [9.17, 15) is 0 Å². The molecule has 0 aliphatic rings. The van der Waals surface area contributed by atoms with Crippen LogP contribution in [0, 0.1) is 4.64 Å². The SMILES string of the molecule is S=c1cc(-c2ccccc2)[nH]n1-c1ccc(Cl)cc1. The van der Waals surface area contributed by atoms with Crippen LogP contribution in [0.3, 0.4) is 0 Å². The Morgan fingerprint density at radius 1 is 0.947 bits per heavy atom. The molecule has 0 bridgehead atoms. The van der Waals surface area contributed by atoms with E-state index in [4.69, 9.17) is 23.8 Å². The molecule has 0 spiro atoms.